The molecule has 0 radical (unpaired) electrons. The first-order chi connectivity index (χ1) is 16.5. The van der Waals surface area contributed by atoms with Crippen LogP contribution in [-0.2, 0) is 0 Å². The van der Waals surface area contributed by atoms with E-state index >= 15 is 0 Å². The van der Waals surface area contributed by atoms with E-state index in [9.17, 15) is 20.4 Å². The maximum Gasteiger partial charge on any atom is 0.0769 e. The zero-order valence-corrected chi connectivity index (χ0v) is 28.0. The van der Waals surface area contributed by atoms with Crippen molar-refractivity contribution in [3.05, 3.63) is 0 Å². The van der Waals surface area contributed by atoms with Crippen molar-refractivity contribution in [3.63, 3.8) is 0 Å². The van der Waals surface area contributed by atoms with E-state index in [0.717, 1.165) is 25.9 Å². The third kappa shape index (κ3) is 12.0. The fourth-order valence-electron chi connectivity index (χ4n) is 3.45. The van der Waals surface area contributed by atoms with E-state index in [0.29, 0.717) is 0 Å². The second kappa shape index (κ2) is 14.0. The Hall–Kier alpha value is -0.320. The van der Waals surface area contributed by atoms with Crippen molar-refractivity contribution in [2.24, 2.45) is 0 Å². The molecule has 0 aliphatic carbocycles. The number of rotatable bonds is 6. The fourth-order valence-corrected chi connectivity index (χ4v) is 3.45. The van der Waals surface area contributed by atoms with Gasteiger partial charge in [-0.25, -0.2) is 0 Å². The van der Waals surface area contributed by atoms with Gasteiger partial charge in [-0.1, -0.05) is 0 Å². The maximum absolute atomic E-state index is 9.71. The molecule has 8 nitrogen and oxygen atoms in total. The van der Waals surface area contributed by atoms with Crippen LogP contribution in [0.3, 0.4) is 0 Å². The topological polar surface area (TPSA) is 129 Å². The Morgan fingerprint density at radius 2 is 0.763 bits per heavy atom. The lowest BCUT2D eigenvalue weighted by atomic mass is 9.83. The molecule has 2 aliphatic rings. The van der Waals surface area contributed by atoms with Crippen molar-refractivity contribution in [2.75, 3.05) is 27.2 Å². The zero-order chi connectivity index (χ0) is 31.1. The molecule has 0 aromatic heterocycles. The minimum atomic E-state index is -0.665. The van der Waals surface area contributed by atoms with Gasteiger partial charge in [0.25, 0.3) is 0 Å². The van der Waals surface area contributed by atoms with Gasteiger partial charge in [0, 0.05) is 22.2 Å². The monoisotopic (exact) mass is 549 g/mol. The van der Waals surface area contributed by atoms with Gasteiger partial charge >= 0.3 is 0 Å². The molecule has 0 aromatic rings. The van der Waals surface area contributed by atoms with Gasteiger partial charge in [0.1, 0.15) is 0 Å². The van der Waals surface area contributed by atoms with Crippen LogP contribution in [0.15, 0.2) is 0 Å². The zero-order valence-electron chi connectivity index (χ0n) is 28.0. The third-order valence-electron chi connectivity index (χ3n) is 9.75. The lowest BCUT2D eigenvalue weighted by molar-refractivity contribution is -0.00438. The molecule has 8 N–H and O–H groups in total. The summed E-state index contributed by atoms with van der Waals surface area (Å²) in [6.45, 7) is 28.8. The van der Waals surface area contributed by atoms with Gasteiger partial charge in [-0.2, -0.15) is 0 Å². The highest BCUT2D eigenvalue weighted by Gasteiger charge is 2.42. The van der Waals surface area contributed by atoms with E-state index in [4.69, 9.17) is 0 Å². The van der Waals surface area contributed by atoms with Crippen LogP contribution in [0.2, 0.25) is 0 Å². The van der Waals surface area contributed by atoms with Crippen LogP contribution in [-0.4, -0.2) is 92.2 Å². The average molecular weight is 549 g/mol. The molecule has 38 heavy (non-hydrogen) atoms. The Kier molecular flexibility index (Phi) is 14.7. The number of nitrogens with one attached hydrogen (secondary N) is 4. The largest absolute Gasteiger partial charge is 0.389 e. The molecule has 0 aromatic carbocycles. The van der Waals surface area contributed by atoms with Gasteiger partial charge < -0.3 is 41.7 Å². The quantitative estimate of drug-likeness (QED) is 0.254. The standard InChI is InChI=1S/2C8H17NO.2C7H17NO/c2*1-7(2,10)8(3)5-4-6-9-8;2*1-6(2,8-5)7(3,4)9/h2*9-10H,4-6H2,1-3H3;2*8-9H,1-5H3/t2*8-;;/m10../s1. The van der Waals surface area contributed by atoms with Crippen LogP contribution >= 0.6 is 0 Å². The summed E-state index contributed by atoms with van der Waals surface area (Å²) in [7, 11) is 3.69. The van der Waals surface area contributed by atoms with Crippen LogP contribution in [0.1, 0.15) is 123 Å². The molecular weight excluding hydrogens is 480 g/mol. The van der Waals surface area contributed by atoms with Gasteiger partial charge in [0.05, 0.1) is 22.4 Å². The van der Waals surface area contributed by atoms with Crippen LogP contribution in [0.4, 0.5) is 0 Å². The molecule has 2 saturated heterocycles. The summed E-state index contributed by atoms with van der Waals surface area (Å²) in [5.41, 5.74) is -3.07. The molecular formula is C30H68N4O4. The molecule has 0 saturated carbocycles. The molecule has 0 bridgehead atoms. The number of hydrogen-bond acceptors (Lipinski definition) is 8. The lowest BCUT2D eigenvalue weighted by Gasteiger charge is -2.37. The first kappa shape index (κ1) is 39.8. The van der Waals surface area contributed by atoms with Crippen molar-refractivity contribution in [1.29, 1.82) is 0 Å². The summed E-state index contributed by atoms with van der Waals surface area (Å²) in [6, 6.07) is 0. The predicted octanol–water partition coefficient (Wildman–Crippen LogP) is 3.31. The molecule has 2 fully saturated rings. The van der Waals surface area contributed by atoms with Gasteiger partial charge in [0.15, 0.2) is 0 Å². The van der Waals surface area contributed by atoms with E-state index in [-0.39, 0.29) is 22.2 Å². The second-order valence-corrected chi connectivity index (χ2v) is 14.7. The van der Waals surface area contributed by atoms with Crippen molar-refractivity contribution in [3.8, 4) is 0 Å². The Labute approximate surface area is 236 Å². The number of hydrogen-bond donors (Lipinski definition) is 8. The van der Waals surface area contributed by atoms with Crippen LogP contribution in [0.5, 0.6) is 0 Å². The maximum atomic E-state index is 9.71. The highest BCUT2D eigenvalue weighted by molar-refractivity contribution is 5.01. The first-order valence-electron chi connectivity index (χ1n) is 14.3. The lowest BCUT2D eigenvalue weighted by Crippen LogP contribution is -2.54. The summed E-state index contributed by atoms with van der Waals surface area (Å²) in [6.07, 6.45) is 4.52. The Morgan fingerprint density at radius 1 is 0.526 bits per heavy atom. The Bertz CT molecular complexity index is 596. The normalized spacial score (nSPS) is 24.9. The highest BCUT2D eigenvalue weighted by atomic mass is 16.3. The van der Waals surface area contributed by atoms with Crippen LogP contribution in [0, 0.1) is 0 Å². The minimum Gasteiger partial charge on any atom is -0.389 e. The summed E-state index contributed by atoms with van der Waals surface area (Å²) in [5, 5.41) is 51.1. The van der Waals surface area contributed by atoms with Crippen molar-refractivity contribution < 1.29 is 20.4 Å². The van der Waals surface area contributed by atoms with Crippen LogP contribution < -0.4 is 21.3 Å². The summed E-state index contributed by atoms with van der Waals surface area (Å²) < 4.78 is 0. The van der Waals surface area contributed by atoms with Crippen molar-refractivity contribution >= 4 is 0 Å². The molecule has 232 valence electrons. The van der Waals surface area contributed by atoms with Gasteiger partial charge in [-0.3, -0.25) is 0 Å². The van der Waals surface area contributed by atoms with E-state index in [1.54, 1.807) is 27.7 Å². The second-order valence-electron chi connectivity index (χ2n) is 14.7. The molecule has 2 aliphatic heterocycles. The Morgan fingerprint density at radius 3 is 0.816 bits per heavy atom. The summed E-state index contributed by atoms with van der Waals surface area (Å²) in [5.74, 6) is 0. The first-order valence-corrected chi connectivity index (χ1v) is 14.3. The molecule has 0 unspecified atom stereocenters. The average Bonchev–Trinajstić information content (AvgIpc) is 3.37. The third-order valence-corrected chi connectivity index (χ3v) is 9.75. The fraction of sp³-hybridized carbons (Fsp3) is 1.00. The van der Waals surface area contributed by atoms with Crippen molar-refractivity contribution in [2.45, 2.75) is 167 Å². The van der Waals surface area contributed by atoms with Gasteiger partial charge in [-0.05, 0) is 150 Å². The molecule has 0 spiro atoms. The van der Waals surface area contributed by atoms with Crippen LogP contribution in [0.25, 0.3) is 0 Å². The van der Waals surface area contributed by atoms with Gasteiger partial charge in [0.2, 0.25) is 0 Å². The molecule has 2 rings (SSSR count). The summed E-state index contributed by atoms with van der Waals surface area (Å²) in [4.78, 5) is 0. The van der Waals surface area contributed by atoms with E-state index < -0.39 is 22.4 Å². The molecule has 2 atom stereocenters. The predicted molar refractivity (Wildman–Crippen MR) is 163 cm³/mol. The SMILES string of the molecule is CC(C)(O)[C@@]1(C)CCCN1.CC(C)(O)[C@]1(C)CCCN1.CNC(C)(C)C(C)(C)O.CNC(C)(C)C(C)(C)O. The molecule has 2 heterocycles. The van der Waals surface area contributed by atoms with Gasteiger partial charge in [-0.15, -0.1) is 0 Å². The summed E-state index contributed by atoms with van der Waals surface area (Å²) >= 11 is 0. The number of likely N-dealkylation sites (N-methyl/N-ethyl adjacent to an activating group) is 2. The molecule has 0 amide bonds. The van der Waals surface area contributed by atoms with E-state index in [1.165, 1.54) is 12.8 Å². The Balaban J connectivity index is 0. The highest BCUT2D eigenvalue weighted by Crippen LogP contribution is 2.30. The smallest absolute Gasteiger partial charge is 0.0769 e. The minimum absolute atomic E-state index is 0.0625. The van der Waals surface area contributed by atoms with Crippen molar-refractivity contribution in [1.82, 2.24) is 21.3 Å². The number of aliphatic hydroxyl groups is 4. The molecule has 8 heteroatoms. The van der Waals surface area contributed by atoms with E-state index in [1.807, 2.05) is 69.5 Å². The van der Waals surface area contributed by atoms with E-state index in [2.05, 4.69) is 35.1 Å².